The van der Waals surface area contributed by atoms with Crippen molar-refractivity contribution in [3.8, 4) is 0 Å². The summed E-state index contributed by atoms with van der Waals surface area (Å²) in [6.07, 6.45) is 9.14. The Morgan fingerprint density at radius 2 is 2.27 bits per heavy atom. The fourth-order valence-corrected chi connectivity index (χ4v) is 3.63. The number of H-pyrrole nitrogens is 1. The molecule has 1 amide bonds. The molecule has 1 atom stereocenters. The summed E-state index contributed by atoms with van der Waals surface area (Å²) >= 11 is 0. The number of aromatic nitrogens is 4. The smallest absolute Gasteiger partial charge is 0.274 e. The Kier molecular flexibility index (Phi) is 3.24. The highest BCUT2D eigenvalue weighted by molar-refractivity contribution is 5.94. The average molecular weight is 299 g/mol. The summed E-state index contributed by atoms with van der Waals surface area (Å²) in [5, 5.41) is 11.7. The van der Waals surface area contributed by atoms with Crippen LogP contribution < -0.4 is 0 Å². The van der Waals surface area contributed by atoms with Crippen molar-refractivity contribution in [2.45, 2.75) is 45.1 Å². The first kappa shape index (κ1) is 13.5. The average Bonchev–Trinajstić information content (AvgIpc) is 3.22. The third-order valence-electron chi connectivity index (χ3n) is 4.80. The Morgan fingerprint density at radius 1 is 1.36 bits per heavy atom. The predicted octanol–water partition coefficient (Wildman–Crippen LogP) is 1.88. The predicted molar refractivity (Wildman–Crippen MR) is 81.8 cm³/mol. The minimum Gasteiger partial charge on any atom is -0.335 e. The van der Waals surface area contributed by atoms with Crippen molar-refractivity contribution in [2.24, 2.45) is 0 Å². The van der Waals surface area contributed by atoms with E-state index in [1.807, 2.05) is 22.7 Å². The van der Waals surface area contributed by atoms with Gasteiger partial charge in [0, 0.05) is 30.5 Å². The van der Waals surface area contributed by atoms with E-state index in [1.54, 1.807) is 0 Å². The van der Waals surface area contributed by atoms with Crippen molar-refractivity contribution in [3.63, 3.8) is 0 Å². The lowest BCUT2D eigenvalue weighted by molar-refractivity contribution is 0.0666. The third kappa shape index (κ3) is 2.23. The van der Waals surface area contributed by atoms with Crippen LogP contribution in [0, 0.1) is 6.92 Å². The Bertz CT molecular complexity index is 701. The van der Waals surface area contributed by atoms with Gasteiger partial charge >= 0.3 is 0 Å². The van der Waals surface area contributed by atoms with Crippen molar-refractivity contribution in [2.75, 3.05) is 13.1 Å². The molecule has 3 heterocycles. The number of carbonyl (C=O) groups is 1. The van der Waals surface area contributed by atoms with Crippen LogP contribution in [-0.2, 0) is 12.8 Å². The van der Waals surface area contributed by atoms with Crippen molar-refractivity contribution in [1.82, 2.24) is 24.9 Å². The van der Waals surface area contributed by atoms with Gasteiger partial charge in [-0.1, -0.05) is 0 Å². The number of carbonyl (C=O) groups excluding carboxylic acids is 1. The summed E-state index contributed by atoms with van der Waals surface area (Å²) in [5.41, 5.74) is 4.10. The molecular weight excluding hydrogens is 278 g/mol. The van der Waals surface area contributed by atoms with Gasteiger partial charge in [0.1, 0.15) is 0 Å². The monoisotopic (exact) mass is 299 g/mol. The summed E-state index contributed by atoms with van der Waals surface area (Å²) in [4.78, 5) is 14.8. The molecule has 0 bridgehead atoms. The first-order valence-electron chi connectivity index (χ1n) is 8.08. The molecule has 2 aromatic rings. The highest BCUT2D eigenvalue weighted by atomic mass is 16.2. The lowest BCUT2D eigenvalue weighted by Crippen LogP contribution is -2.41. The minimum absolute atomic E-state index is 0.0768. The molecule has 1 fully saturated rings. The number of hydrogen-bond acceptors (Lipinski definition) is 3. The van der Waals surface area contributed by atoms with Crippen LogP contribution in [0.4, 0.5) is 0 Å². The van der Waals surface area contributed by atoms with E-state index in [-0.39, 0.29) is 11.9 Å². The number of likely N-dealkylation sites (tertiary alicyclic amines) is 1. The summed E-state index contributed by atoms with van der Waals surface area (Å²) in [7, 11) is 0. The van der Waals surface area contributed by atoms with Gasteiger partial charge in [0.15, 0.2) is 5.69 Å². The van der Waals surface area contributed by atoms with Gasteiger partial charge in [-0.25, -0.2) is 0 Å². The van der Waals surface area contributed by atoms with Gasteiger partial charge in [0.05, 0.1) is 12.2 Å². The van der Waals surface area contributed by atoms with Crippen LogP contribution >= 0.6 is 0 Å². The molecule has 2 aromatic heterocycles. The van der Waals surface area contributed by atoms with Crippen LogP contribution in [0.15, 0.2) is 12.4 Å². The summed E-state index contributed by atoms with van der Waals surface area (Å²) in [6.45, 7) is 3.58. The van der Waals surface area contributed by atoms with Crippen molar-refractivity contribution < 1.29 is 4.79 Å². The van der Waals surface area contributed by atoms with Gasteiger partial charge in [-0.2, -0.15) is 10.2 Å². The zero-order chi connectivity index (χ0) is 15.1. The lowest BCUT2D eigenvalue weighted by atomic mass is 10.0. The topological polar surface area (TPSA) is 66.8 Å². The largest absolute Gasteiger partial charge is 0.335 e. The van der Waals surface area contributed by atoms with E-state index in [4.69, 9.17) is 0 Å². The fraction of sp³-hybridized carbons (Fsp3) is 0.562. The van der Waals surface area contributed by atoms with Crippen LogP contribution in [0.3, 0.4) is 0 Å². The summed E-state index contributed by atoms with van der Waals surface area (Å²) < 4.78 is 2.00. The zero-order valence-electron chi connectivity index (χ0n) is 12.9. The molecule has 22 heavy (non-hydrogen) atoms. The van der Waals surface area contributed by atoms with Gasteiger partial charge in [-0.15, -0.1) is 0 Å². The van der Waals surface area contributed by atoms with E-state index in [0.717, 1.165) is 62.0 Å². The van der Waals surface area contributed by atoms with E-state index >= 15 is 0 Å². The Hall–Kier alpha value is -2.11. The molecule has 4 rings (SSSR count). The summed E-state index contributed by atoms with van der Waals surface area (Å²) in [5.74, 6) is 0.0768. The number of fused-ring (bicyclic) bond motifs is 1. The molecule has 1 saturated heterocycles. The third-order valence-corrected chi connectivity index (χ3v) is 4.80. The van der Waals surface area contributed by atoms with Gasteiger partial charge < -0.3 is 4.90 Å². The molecule has 1 aliphatic heterocycles. The molecule has 0 radical (unpaired) electrons. The summed E-state index contributed by atoms with van der Waals surface area (Å²) in [6, 6.07) is 0.276. The number of aryl methyl sites for hydroxylation is 2. The van der Waals surface area contributed by atoms with E-state index in [9.17, 15) is 4.79 Å². The Labute approximate surface area is 129 Å². The van der Waals surface area contributed by atoms with E-state index in [2.05, 4.69) is 21.5 Å². The molecule has 0 aromatic carbocycles. The quantitative estimate of drug-likeness (QED) is 0.920. The second-order valence-electron chi connectivity index (χ2n) is 6.43. The number of nitrogens with zero attached hydrogens (tertiary/aromatic N) is 4. The van der Waals surface area contributed by atoms with Gasteiger partial charge in [0.2, 0.25) is 0 Å². The van der Waals surface area contributed by atoms with Crippen LogP contribution in [-0.4, -0.2) is 43.9 Å². The highest BCUT2D eigenvalue weighted by Crippen LogP contribution is 2.26. The number of piperidine rings is 1. The molecule has 6 heteroatoms. The Balaban J connectivity index is 1.53. The van der Waals surface area contributed by atoms with E-state index in [0.29, 0.717) is 5.69 Å². The number of rotatable bonds is 2. The zero-order valence-corrected chi connectivity index (χ0v) is 12.9. The standard InChI is InChI=1S/C16H21N5O/c1-11-8-17-21(9-11)12-4-3-7-20(10-12)16(22)15-13-5-2-6-14(13)18-19-15/h8-9,12H,2-7,10H2,1H3,(H,18,19). The maximum absolute atomic E-state index is 12.8. The SMILES string of the molecule is Cc1cnn(C2CCCN(C(=O)c3n[nH]c4c3CCC4)C2)c1. The molecule has 6 nitrogen and oxygen atoms in total. The van der Waals surface area contributed by atoms with Crippen LogP contribution in [0.1, 0.15) is 52.6 Å². The number of hydrogen-bond donors (Lipinski definition) is 1. The second-order valence-corrected chi connectivity index (χ2v) is 6.43. The maximum Gasteiger partial charge on any atom is 0.274 e. The molecular formula is C16H21N5O. The fourth-order valence-electron chi connectivity index (χ4n) is 3.63. The molecule has 1 unspecified atom stereocenters. The second kappa shape index (κ2) is 5.26. The molecule has 0 spiro atoms. The molecule has 0 saturated carbocycles. The van der Waals surface area contributed by atoms with Crippen molar-refractivity contribution in [1.29, 1.82) is 0 Å². The van der Waals surface area contributed by atoms with Gasteiger partial charge in [0.25, 0.3) is 5.91 Å². The molecule has 1 aliphatic carbocycles. The molecule has 1 N–H and O–H groups in total. The van der Waals surface area contributed by atoms with Gasteiger partial charge in [-0.3, -0.25) is 14.6 Å². The van der Waals surface area contributed by atoms with Crippen molar-refractivity contribution in [3.05, 3.63) is 34.9 Å². The molecule has 116 valence electrons. The van der Waals surface area contributed by atoms with Crippen LogP contribution in [0.25, 0.3) is 0 Å². The van der Waals surface area contributed by atoms with Crippen LogP contribution in [0.2, 0.25) is 0 Å². The lowest BCUT2D eigenvalue weighted by Gasteiger charge is -2.32. The first-order chi connectivity index (χ1) is 10.7. The van der Waals surface area contributed by atoms with Crippen LogP contribution in [0.5, 0.6) is 0 Å². The minimum atomic E-state index is 0.0768. The number of nitrogens with one attached hydrogen (secondary N) is 1. The normalized spacial score (nSPS) is 21.1. The van der Waals surface area contributed by atoms with E-state index in [1.165, 1.54) is 0 Å². The van der Waals surface area contributed by atoms with E-state index < -0.39 is 0 Å². The highest BCUT2D eigenvalue weighted by Gasteiger charge is 2.30. The number of aromatic amines is 1. The Morgan fingerprint density at radius 3 is 3.09 bits per heavy atom. The maximum atomic E-state index is 12.8. The van der Waals surface area contributed by atoms with Crippen molar-refractivity contribution >= 4 is 5.91 Å². The van der Waals surface area contributed by atoms with Gasteiger partial charge in [-0.05, 0) is 44.6 Å². The number of amides is 1. The molecule has 2 aliphatic rings. The first-order valence-corrected chi connectivity index (χ1v) is 8.08.